The zero-order valence-corrected chi connectivity index (χ0v) is 7.86. The average molecular weight is 257 g/mol. The summed E-state index contributed by atoms with van der Waals surface area (Å²) in [6, 6.07) is 3.42. The Morgan fingerprint density at radius 2 is 1.62 bits per heavy atom. The minimum Gasteiger partial charge on any atom is -0.228 e. The summed E-state index contributed by atoms with van der Waals surface area (Å²) in [5.74, 6) is -4.27. The van der Waals surface area contributed by atoms with Gasteiger partial charge < -0.3 is 0 Å². The first-order valence-electron chi connectivity index (χ1n) is 3.36. The fourth-order valence-corrected chi connectivity index (χ4v) is 1.06. The normalized spacial score (nSPS) is 14.2. The molecule has 0 N–H and O–H groups in total. The SMILES string of the molecule is Fc1ccc(C(F)(F)C(F)Br)cc1. The van der Waals surface area contributed by atoms with Crippen LogP contribution in [0, 0.1) is 5.82 Å². The summed E-state index contributed by atoms with van der Waals surface area (Å²) >= 11 is 2.14. The van der Waals surface area contributed by atoms with Crippen molar-refractivity contribution in [2.45, 2.75) is 11.0 Å². The second-order valence-corrected chi connectivity index (χ2v) is 3.23. The zero-order chi connectivity index (χ0) is 10.1. The second-order valence-electron chi connectivity index (χ2n) is 2.43. The van der Waals surface area contributed by atoms with Crippen LogP contribution in [0.5, 0.6) is 0 Å². The minimum atomic E-state index is -3.63. The van der Waals surface area contributed by atoms with Gasteiger partial charge in [0, 0.05) is 5.56 Å². The summed E-state index contributed by atoms with van der Waals surface area (Å²) in [7, 11) is 0. The molecule has 1 aromatic rings. The molecule has 0 spiro atoms. The Morgan fingerprint density at radius 1 is 1.15 bits per heavy atom. The molecule has 0 bridgehead atoms. The molecule has 5 heteroatoms. The minimum absolute atomic E-state index is 0.557. The molecule has 0 aliphatic rings. The molecule has 1 unspecified atom stereocenters. The number of hydrogen-bond acceptors (Lipinski definition) is 0. The van der Waals surface area contributed by atoms with E-state index in [1.165, 1.54) is 0 Å². The van der Waals surface area contributed by atoms with Gasteiger partial charge in [0.1, 0.15) is 5.82 Å². The highest BCUT2D eigenvalue weighted by atomic mass is 79.9. The van der Waals surface area contributed by atoms with Gasteiger partial charge in [-0.3, -0.25) is 0 Å². The van der Waals surface area contributed by atoms with Gasteiger partial charge in [-0.05, 0) is 40.2 Å². The first-order chi connectivity index (χ1) is 5.94. The molecule has 0 nitrogen and oxygen atoms in total. The van der Waals surface area contributed by atoms with Gasteiger partial charge in [-0.2, -0.15) is 8.78 Å². The van der Waals surface area contributed by atoms with Crippen molar-refractivity contribution in [3.63, 3.8) is 0 Å². The highest BCUT2D eigenvalue weighted by Gasteiger charge is 2.40. The molecule has 0 saturated carbocycles. The van der Waals surface area contributed by atoms with E-state index in [1.54, 1.807) is 0 Å². The van der Waals surface area contributed by atoms with Gasteiger partial charge in [0.2, 0.25) is 5.08 Å². The Kier molecular flexibility index (Phi) is 2.95. The van der Waals surface area contributed by atoms with Gasteiger partial charge in [-0.15, -0.1) is 0 Å². The molecular formula is C8H5BrF4. The van der Waals surface area contributed by atoms with Gasteiger partial charge in [-0.25, -0.2) is 8.78 Å². The molecule has 1 rings (SSSR count). The summed E-state index contributed by atoms with van der Waals surface area (Å²) in [5, 5.41) is -2.47. The van der Waals surface area contributed by atoms with Gasteiger partial charge in [0.15, 0.2) is 0 Å². The third-order valence-corrected chi connectivity index (χ3v) is 2.08. The van der Waals surface area contributed by atoms with E-state index in [0.29, 0.717) is 0 Å². The van der Waals surface area contributed by atoms with Crippen molar-refractivity contribution in [2.24, 2.45) is 0 Å². The van der Waals surface area contributed by atoms with Crippen LogP contribution in [-0.4, -0.2) is 5.08 Å². The van der Waals surface area contributed by atoms with Gasteiger partial charge in [-0.1, -0.05) is 0 Å². The Hall–Kier alpha value is -0.580. The van der Waals surface area contributed by atoms with E-state index in [2.05, 4.69) is 15.9 Å². The molecule has 0 radical (unpaired) electrons. The average Bonchev–Trinajstić information content (AvgIpc) is 2.04. The van der Waals surface area contributed by atoms with Crippen LogP contribution in [0.25, 0.3) is 0 Å². The molecule has 0 amide bonds. The van der Waals surface area contributed by atoms with Crippen molar-refractivity contribution in [3.05, 3.63) is 35.6 Å². The summed E-state index contributed by atoms with van der Waals surface area (Å²) in [6.07, 6.45) is 0. The van der Waals surface area contributed by atoms with E-state index in [0.717, 1.165) is 24.3 Å². The maximum atomic E-state index is 12.9. The number of halogens is 5. The summed E-state index contributed by atoms with van der Waals surface area (Å²) < 4.78 is 50.4. The highest BCUT2D eigenvalue weighted by Crippen LogP contribution is 2.36. The highest BCUT2D eigenvalue weighted by molar-refractivity contribution is 9.09. The fourth-order valence-electron chi connectivity index (χ4n) is 0.798. The van der Waals surface area contributed by atoms with Crippen LogP contribution >= 0.6 is 15.9 Å². The lowest BCUT2D eigenvalue weighted by molar-refractivity contribution is -0.0405. The molecule has 1 aromatic carbocycles. The van der Waals surface area contributed by atoms with Crippen LogP contribution < -0.4 is 0 Å². The van der Waals surface area contributed by atoms with E-state index >= 15 is 0 Å². The molecule has 72 valence electrons. The van der Waals surface area contributed by atoms with E-state index in [1.807, 2.05) is 0 Å². The molecule has 0 heterocycles. The van der Waals surface area contributed by atoms with Gasteiger partial charge in [0.25, 0.3) is 0 Å². The van der Waals surface area contributed by atoms with Crippen LogP contribution in [0.15, 0.2) is 24.3 Å². The maximum Gasteiger partial charge on any atom is 0.313 e. The van der Waals surface area contributed by atoms with Crippen LogP contribution in [0.2, 0.25) is 0 Å². The lowest BCUT2D eigenvalue weighted by Gasteiger charge is -2.16. The molecule has 0 aliphatic heterocycles. The van der Waals surface area contributed by atoms with E-state index in [-0.39, 0.29) is 0 Å². The van der Waals surface area contributed by atoms with Gasteiger partial charge in [0.05, 0.1) is 0 Å². The van der Waals surface area contributed by atoms with Crippen molar-refractivity contribution in [3.8, 4) is 0 Å². The molecule has 0 fully saturated rings. The maximum absolute atomic E-state index is 12.9. The topological polar surface area (TPSA) is 0 Å². The predicted molar refractivity (Wildman–Crippen MR) is 44.1 cm³/mol. The standard InChI is InChI=1S/C8H5BrF4/c9-7(11)8(12,13)5-1-3-6(10)4-2-5/h1-4,7H. The number of hydrogen-bond donors (Lipinski definition) is 0. The monoisotopic (exact) mass is 256 g/mol. The number of alkyl halides is 4. The number of benzene rings is 1. The molecule has 0 saturated heterocycles. The molecule has 0 aromatic heterocycles. The van der Waals surface area contributed by atoms with E-state index in [9.17, 15) is 17.6 Å². The fraction of sp³-hybridized carbons (Fsp3) is 0.250. The van der Waals surface area contributed by atoms with E-state index in [4.69, 9.17) is 0 Å². The lowest BCUT2D eigenvalue weighted by atomic mass is 10.1. The first kappa shape index (κ1) is 10.5. The third-order valence-electron chi connectivity index (χ3n) is 1.50. The van der Waals surface area contributed by atoms with Crippen LogP contribution in [0.1, 0.15) is 5.56 Å². The van der Waals surface area contributed by atoms with Crippen molar-refractivity contribution >= 4 is 15.9 Å². The van der Waals surface area contributed by atoms with Crippen molar-refractivity contribution in [1.82, 2.24) is 0 Å². The van der Waals surface area contributed by atoms with Crippen LogP contribution in [-0.2, 0) is 5.92 Å². The summed E-state index contributed by atoms with van der Waals surface area (Å²) in [4.78, 5) is 0. The largest absolute Gasteiger partial charge is 0.313 e. The Balaban J connectivity index is 3.01. The first-order valence-corrected chi connectivity index (χ1v) is 4.28. The quantitative estimate of drug-likeness (QED) is 0.560. The molecule has 0 aliphatic carbocycles. The second kappa shape index (κ2) is 3.65. The predicted octanol–water partition coefficient (Wildman–Crippen LogP) is 3.61. The zero-order valence-electron chi connectivity index (χ0n) is 6.28. The lowest BCUT2D eigenvalue weighted by Crippen LogP contribution is -2.22. The van der Waals surface area contributed by atoms with Crippen molar-refractivity contribution in [2.75, 3.05) is 0 Å². The Bertz CT molecular complexity index is 281. The molecule has 13 heavy (non-hydrogen) atoms. The third kappa shape index (κ3) is 2.21. The molecule has 1 atom stereocenters. The van der Waals surface area contributed by atoms with Gasteiger partial charge >= 0.3 is 5.92 Å². The molecular weight excluding hydrogens is 252 g/mol. The Morgan fingerprint density at radius 3 is 2.00 bits per heavy atom. The number of rotatable bonds is 2. The smallest absolute Gasteiger partial charge is 0.228 e. The van der Waals surface area contributed by atoms with Crippen LogP contribution in [0.4, 0.5) is 17.6 Å². The van der Waals surface area contributed by atoms with Crippen LogP contribution in [0.3, 0.4) is 0 Å². The van der Waals surface area contributed by atoms with Crippen molar-refractivity contribution < 1.29 is 17.6 Å². The van der Waals surface area contributed by atoms with Crippen molar-refractivity contribution in [1.29, 1.82) is 0 Å². The Labute approximate surface area is 80.7 Å². The van der Waals surface area contributed by atoms with E-state index < -0.39 is 22.4 Å². The summed E-state index contributed by atoms with van der Waals surface area (Å²) in [5.41, 5.74) is -0.557. The summed E-state index contributed by atoms with van der Waals surface area (Å²) in [6.45, 7) is 0.